The molecule has 4 rings (SSSR count). The molecule has 2 aromatic heterocycles. The molecule has 1 aromatic carbocycles. The number of carbonyl (C=O) groups excluding carboxylic acids is 1. The lowest BCUT2D eigenvalue weighted by atomic mass is 9.95. The SMILES string of the molecule is COc1cc2sccc2c(-c2ccc3c(c2)CCN(C(=O)OC(C)(C)C)C3)n1. The molecule has 0 spiro atoms. The summed E-state index contributed by atoms with van der Waals surface area (Å²) in [7, 11) is 1.64. The second kappa shape index (κ2) is 7.09. The fraction of sp³-hybridized carbons (Fsp3) is 0.364. The zero-order valence-electron chi connectivity index (χ0n) is 16.6. The van der Waals surface area contributed by atoms with Gasteiger partial charge in [-0.3, -0.25) is 0 Å². The molecular formula is C22H24N2O3S. The minimum atomic E-state index is -0.481. The first-order valence-electron chi connectivity index (χ1n) is 9.36. The Morgan fingerprint density at radius 3 is 2.75 bits per heavy atom. The number of hydrogen-bond donors (Lipinski definition) is 0. The number of carbonyl (C=O) groups is 1. The molecule has 146 valence electrons. The molecule has 0 aliphatic carbocycles. The molecule has 0 saturated heterocycles. The third-order valence-corrected chi connectivity index (χ3v) is 5.64. The molecule has 0 atom stereocenters. The standard InChI is InChI=1S/C22H24N2O3S/c1-22(2,3)27-21(25)24-9-7-14-11-15(5-6-16(14)13-24)20-17-8-10-28-18(17)12-19(23-20)26-4/h5-6,8,10-12H,7,9,13H2,1-4H3. The lowest BCUT2D eigenvalue weighted by Gasteiger charge is -2.31. The maximum atomic E-state index is 12.4. The fourth-order valence-electron chi connectivity index (χ4n) is 3.45. The number of rotatable bonds is 2. The Bertz CT molecular complexity index is 1040. The third-order valence-electron chi connectivity index (χ3n) is 4.78. The summed E-state index contributed by atoms with van der Waals surface area (Å²) in [5.74, 6) is 0.624. The Balaban J connectivity index is 1.63. The number of thiophene rings is 1. The number of fused-ring (bicyclic) bond motifs is 2. The van der Waals surface area contributed by atoms with Crippen LogP contribution in [0.1, 0.15) is 31.9 Å². The van der Waals surface area contributed by atoms with Crippen LogP contribution in [0.2, 0.25) is 0 Å². The Labute approximate surface area is 168 Å². The summed E-state index contributed by atoms with van der Waals surface area (Å²) in [5, 5.41) is 3.21. The van der Waals surface area contributed by atoms with Crippen LogP contribution in [0.5, 0.6) is 5.88 Å². The smallest absolute Gasteiger partial charge is 0.410 e. The molecule has 5 nitrogen and oxygen atoms in total. The van der Waals surface area contributed by atoms with Crippen LogP contribution < -0.4 is 4.74 Å². The molecular weight excluding hydrogens is 372 g/mol. The van der Waals surface area contributed by atoms with Gasteiger partial charge in [0.25, 0.3) is 0 Å². The highest BCUT2D eigenvalue weighted by atomic mass is 32.1. The van der Waals surface area contributed by atoms with Gasteiger partial charge in [0.2, 0.25) is 5.88 Å². The average Bonchev–Trinajstić information content (AvgIpc) is 3.13. The summed E-state index contributed by atoms with van der Waals surface area (Å²) in [5.41, 5.74) is 3.95. The highest BCUT2D eigenvalue weighted by Crippen LogP contribution is 2.34. The van der Waals surface area contributed by atoms with Gasteiger partial charge in [0.1, 0.15) is 5.60 Å². The summed E-state index contributed by atoms with van der Waals surface area (Å²) in [6, 6.07) is 10.4. The fourth-order valence-corrected chi connectivity index (χ4v) is 4.26. The van der Waals surface area contributed by atoms with Crippen molar-refractivity contribution in [2.75, 3.05) is 13.7 Å². The van der Waals surface area contributed by atoms with Crippen molar-refractivity contribution in [2.45, 2.75) is 39.3 Å². The van der Waals surface area contributed by atoms with Crippen LogP contribution in [0.3, 0.4) is 0 Å². The van der Waals surface area contributed by atoms with Gasteiger partial charge in [0.05, 0.1) is 12.8 Å². The van der Waals surface area contributed by atoms with E-state index in [9.17, 15) is 4.79 Å². The topological polar surface area (TPSA) is 51.7 Å². The number of nitrogens with zero attached hydrogens (tertiary/aromatic N) is 2. The molecule has 0 N–H and O–H groups in total. The van der Waals surface area contributed by atoms with E-state index in [0.717, 1.165) is 33.3 Å². The van der Waals surface area contributed by atoms with Crippen LogP contribution >= 0.6 is 11.3 Å². The van der Waals surface area contributed by atoms with Gasteiger partial charge in [-0.25, -0.2) is 9.78 Å². The van der Waals surface area contributed by atoms with Crippen molar-refractivity contribution < 1.29 is 14.3 Å². The maximum absolute atomic E-state index is 12.4. The average molecular weight is 397 g/mol. The molecule has 1 amide bonds. The van der Waals surface area contributed by atoms with Crippen LogP contribution in [-0.4, -0.2) is 35.2 Å². The number of pyridine rings is 1. The molecule has 1 aliphatic rings. The van der Waals surface area contributed by atoms with Crippen molar-refractivity contribution >= 4 is 27.5 Å². The van der Waals surface area contributed by atoms with Gasteiger partial charge in [-0.2, -0.15) is 0 Å². The number of aromatic nitrogens is 1. The summed E-state index contributed by atoms with van der Waals surface area (Å²) in [6.45, 7) is 6.90. The number of amides is 1. The van der Waals surface area contributed by atoms with Crippen molar-refractivity contribution in [3.8, 4) is 17.1 Å². The second-order valence-electron chi connectivity index (χ2n) is 7.98. The first-order chi connectivity index (χ1) is 13.3. The monoisotopic (exact) mass is 396 g/mol. The van der Waals surface area contributed by atoms with Gasteiger partial charge < -0.3 is 14.4 Å². The largest absolute Gasteiger partial charge is 0.481 e. The zero-order valence-corrected chi connectivity index (χ0v) is 17.4. The molecule has 3 heterocycles. The molecule has 1 aliphatic heterocycles. The Hall–Kier alpha value is -2.60. The second-order valence-corrected chi connectivity index (χ2v) is 8.93. The number of methoxy groups -OCH3 is 1. The van der Waals surface area contributed by atoms with Crippen molar-refractivity contribution in [1.29, 1.82) is 0 Å². The summed E-state index contributed by atoms with van der Waals surface area (Å²) >= 11 is 1.68. The third kappa shape index (κ3) is 3.69. The molecule has 0 unspecified atom stereocenters. The lowest BCUT2D eigenvalue weighted by molar-refractivity contribution is 0.0224. The summed E-state index contributed by atoms with van der Waals surface area (Å²) in [6.07, 6.45) is 0.552. The molecule has 0 saturated carbocycles. The quantitative estimate of drug-likeness (QED) is 0.592. The van der Waals surface area contributed by atoms with Crippen molar-refractivity contribution in [3.63, 3.8) is 0 Å². The van der Waals surface area contributed by atoms with E-state index in [-0.39, 0.29) is 6.09 Å². The Morgan fingerprint density at radius 1 is 1.18 bits per heavy atom. The van der Waals surface area contributed by atoms with E-state index in [1.807, 2.05) is 26.8 Å². The molecule has 0 bridgehead atoms. The van der Waals surface area contributed by atoms with Crippen LogP contribution in [0.25, 0.3) is 21.3 Å². The van der Waals surface area contributed by atoms with Gasteiger partial charge in [-0.05, 0) is 55.8 Å². The molecule has 0 fully saturated rings. The first kappa shape index (κ1) is 18.7. The number of hydrogen-bond acceptors (Lipinski definition) is 5. The van der Waals surface area contributed by atoms with Gasteiger partial charge >= 0.3 is 6.09 Å². The summed E-state index contributed by atoms with van der Waals surface area (Å²) in [4.78, 5) is 18.8. The van der Waals surface area contributed by atoms with E-state index in [4.69, 9.17) is 14.5 Å². The van der Waals surface area contributed by atoms with E-state index in [0.29, 0.717) is 19.0 Å². The molecule has 3 aromatic rings. The Morgan fingerprint density at radius 2 is 2.00 bits per heavy atom. The minimum Gasteiger partial charge on any atom is -0.481 e. The minimum absolute atomic E-state index is 0.253. The number of ether oxygens (including phenoxy) is 2. The van der Waals surface area contributed by atoms with Crippen molar-refractivity contribution in [1.82, 2.24) is 9.88 Å². The first-order valence-corrected chi connectivity index (χ1v) is 10.2. The summed E-state index contributed by atoms with van der Waals surface area (Å²) < 4.78 is 12.1. The molecule has 6 heteroatoms. The van der Waals surface area contributed by atoms with Crippen LogP contribution in [0.4, 0.5) is 4.79 Å². The lowest BCUT2D eigenvalue weighted by Crippen LogP contribution is -2.39. The van der Waals surface area contributed by atoms with Gasteiger partial charge in [0, 0.05) is 34.8 Å². The van der Waals surface area contributed by atoms with Crippen LogP contribution in [-0.2, 0) is 17.7 Å². The van der Waals surface area contributed by atoms with Crippen molar-refractivity contribution in [3.05, 3.63) is 46.8 Å². The van der Waals surface area contributed by atoms with Gasteiger partial charge in [0.15, 0.2) is 0 Å². The zero-order chi connectivity index (χ0) is 19.9. The predicted octanol–water partition coefficient (Wildman–Crippen LogP) is 5.27. The number of benzene rings is 1. The predicted molar refractivity (Wildman–Crippen MR) is 112 cm³/mol. The van der Waals surface area contributed by atoms with E-state index in [1.165, 1.54) is 5.56 Å². The van der Waals surface area contributed by atoms with E-state index in [2.05, 4.69) is 29.6 Å². The van der Waals surface area contributed by atoms with Crippen molar-refractivity contribution in [2.24, 2.45) is 0 Å². The van der Waals surface area contributed by atoms with Gasteiger partial charge in [-0.1, -0.05) is 12.1 Å². The van der Waals surface area contributed by atoms with E-state index >= 15 is 0 Å². The maximum Gasteiger partial charge on any atom is 0.410 e. The normalized spacial score (nSPS) is 14.1. The molecule has 28 heavy (non-hydrogen) atoms. The van der Waals surface area contributed by atoms with Crippen LogP contribution in [0.15, 0.2) is 35.7 Å². The van der Waals surface area contributed by atoms with Crippen LogP contribution in [0, 0.1) is 0 Å². The van der Waals surface area contributed by atoms with Gasteiger partial charge in [-0.15, -0.1) is 11.3 Å². The van der Waals surface area contributed by atoms with E-state index in [1.54, 1.807) is 23.3 Å². The van der Waals surface area contributed by atoms with E-state index < -0.39 is 5.60 Å². The highest BCUT2D eigenvalue weighted by Gasteiger charge is 2.26. The highest BCUT2D eigenvalue weighted by molar-refractivity contribution is 7.17. The Kier molecular flexibility index (Phi) is 4.75. The molecule has 0 radical (unpaired) electrons.